The van der Waals surface area contributed by atoms with Gasteiger partial charge >= 0.3 is 5.97 Å². The maximum absolute atomic E-state index is 10.9. The molecule has 6 nitrogen and oxygen atoms in total. The number of hydrogen-bond acceptors (Lipinski definition) is 6. The molecule has 0 spiro atoms. The third-order valence-corrected chi connectivity index (χ3v) is 2.25. The highest BCUT2D eigenvalue weighted by atomic mass is 16.5. The van der Waals surface area contributed by atoms with E-state index in [4.69, 9.17) is 5.26 Å². The van der Waals surface area contributed by atoms with Gasteiger partial charge in [0.15, 0.2) is 5.69 Å². The van der Waals surface area contributed by atoms with Crippen LogP contribution in [0, 0.1) is 11.3 Å². The molecule has 0 unspecified atom stereocenters. The highest BCUT2D eigenvalue weighted by Crippen LogP contribution is 2.07. The van der Waals surface area contributed by atoms with Crippen molar-refractivity contribution in [2.45, 2.75) is 12.8 Å². The number of ether oxygens (including phenoxy) is 1. The molecule has 0 N–H and O–H groups in total. The third-order valence-electron chi connectivity index (χ3n) is 2.25. The smallest absolute Gasteiger partial charge is 0.305 e. The van der Waals surface area contributed by atoms with E-state index in [2.05, 4.69) is 14.7 Å². The van der Waals surface area contributed by atoms with Crippen molar-refractivity contribution in [3.8, 4) is 6.07 Å². The molecule has 1 aromatic rings. The molecule has 1 aromatic heterocycles. The van der Waals surface area contributed by atoms with Crippen molar-refractivity contribution in [3.63, 3.8) is 0 Å². The summed E-state index contributed by atoms with van der Waals surface area (Å²) < 4.78 is 4.55. The van der Waals surface area contributed by atoms with E-state index in [1.165, 1.54) is 19.5 Å². The number of anilines is 1. The predicted molar refractivity (Wildman–Crippen MR) is 61.3 cm³/mol. The molecule has 0 saturated carbocycles. The molecule has 0 aromatic carbocycles. The van der Waals surface area contributed by atoms with Gasteiger partial charge in [-0.2, -0.15) is 5.26 Å². The minimum Gasteiger partial charge on any atom is -0.469 e. The standard InChI is InChI=1S/C11H14N4O2/c1-15(5-3-4-11(16)17-2)10-8-13-9(6-12)7-14-10/h7-8H,3-5H2,1-2H3. The van der Waals surface area contributed by atoms with E-state index in [0.717, 1.165) is 0 Å². The SMILES string of the molecule is COC(=O)CCCN(C)c1cnc(C#N)cn1. The molecule has 0 amide bonds. The summed E-state index contributed by atoms with van der Waals surface area (Å²) in [6, 6.07) is 1.91. The topological polar surface area (TPSA) is 79.1 Å². The van der Waals surface area contributed by atoms with Crippen molar-refractivity contribution in [1.82, 2.24) is 9.97 Å². The lowest BCUT2D eigenvalue weighted by molar-refractivity contribution is -0.140. The number of methoxy groups -OCH3 is 1. The molecule has 1 rings (SSSR count). The minimum absolute atomic E-state index is 0.218. The summed E-state index contributed by atoms with van der Waals surface area (Å²) in [5, 5.41) is 8.58. The zero-order valence-corrected chi connectivity index (χ0v) is 9.88. The van der Waals surface area contributed by atoms with Crippen LogP contribution in [0.1, 0.15) is 18.5 Å². The molecule has 90 valence electrons. The Balaban J connectivity index is 2.44. The fourth-order valence-electron chi connectivity index (χ4n) is 1.25. The number of carbonyl (C=O) groups is 1. The van der Waals surface area contributed by atoms with Crippen LogP contribution >= 0.6 is 0 Å². The summed E-state index contributed by atoms with van der Waals surface area (Å²) in [4.78, 5) is 20.8. The number of rotatable bonds is 5. The summed E-state index contributed by atoms with van der Waals surface area (Å²) in [5.41, 5.74) is 0.289. The molecule has 0 saturated heterocycles. The van der Waals surface area contributed by atoms with Crippen molar-refractivity contribution in [3.05, 3.63) is 18.1 Å². The van der Waals surface area contributed by atoms with Gasteiger partial charge in [-0.1, -0.05) is 0 Å². The van der Waals surface area contributed by atoms with Crippen LogP contribution in [0.3, 0.4) is 0 Å². The number of carbonyl (C=O) groups excluding carboxylic acids is 1. The molecular formula is C11H14N4O2. The Kier molecular flexibility index (Phi) is 4.88. The monoisotopic (exact) mass is 234 g/mol. The first-order valence-corrected chi connectivity index (χ1v) is 5.17. The number of esters is 1. The van der Waals surface area contributed by atoms with E-state index in [9.17, 15) is 4.79 Å². The number of aromatic nitrogens is 2. The maximum Gasteiger partial charge on any atom is 0.305 e. The zero-order chi connectivity index (χ0) is 12.7. The van der Waals surface area contributed by atoms with Gasteiger partial charge in [0.2, 0.25) is 0 Å². The Labute approximate surface area is 99.9 Å². The molecule has 17 heavy (non-hydrogen) atoms. The fraction of sp³-hybridized carbons (Fsp3) is 0.455. The van der Waals surface area contributed by atoms with Crippen molar-refractivity contribution in [1.29, 1.82) is 5.26 Å². The molecule has 0 fully saturated rings. The van der Waals surface area contributed by atoms with Crippen LogP contribution in [0.4, 0.5) is 5.82 Å². The summed E-state index contributed by atoms with van der Waals surface area (Å²) >= 11 is 0. The van der Waals surface area contributed by atoms with Gasteiger partial charge in [0.25, 0.3) is 0 Å². The number of nitrogens with zero attached hydrogens (tertiary/aromatic N) is 4. The Bertz CT molecular complexity index is 410. The zero-order valence-electron chi connectivity index (χ0n) is 9.88. The summed E-state index contributed by atoms with van der Waals surface area (Å²) in [5.74, 6) is 0.457. The van der Waals surface area contributed by atoms with Crippen LogP contribution in [0.25, 0.3) is 0 Å². The van der Waals surface area contributed by atoms with Gasteiger partial charge in [-0.05, 0) is 6.42 Å². The molecule has 6 heteroatoms. The molecule has 0 aliphatic heterocycles. The average molecular weight is 234 g/mol. The molecule has 0 bridgehead atoms. The molecule has 1 heterocycles. The second kappa shape index (κ2) is 6.43. The number of hydrogen-bond donors (Lipinski definition) is 0. The third kappa shape index (κ3) is 4.07. The van der Waals surface area contributed by atoms with Crippen LogP contribution in [0.5, 0.6) is 0 Å². The lowest BCUT2D eigenvalue weighted by Crippen LogP contribution is -2.20. The van der Waals surface area contributed by atoms with E-state index in [1.807, 2.05) is 18.0 Å². The average Bonchev–Trinajstić information content (AvgIpc) is 2.38. The van der Waals surface area contributed by atoms with Gasteiger partial charge in [0, 0.05) is 20.0 Å². The maximum atomic E-state index is 10.9. The largest absolute Gasteiger partial charge is 0.469 e. The first-order chi connectivity index (χ1) is 8.17. The molecule has 0 aliphatic rings. The Morgan fingerprint density at radius 3 is 2.82 bits per heavy atom. The minimum atomic E-state index is -0.218. The van der Waals surface area contributed by atoms with E-state index < -0.39 is 0 Å². The van der Waals surface area contributed by atoms with Crippen LogP contribution < -0.4 is 4.90 Å². The van der Waals surface area contributed by atoms with Crippen molar-refractivity contribution >= 4 is 11.8 Å². The van der Waals surface area contributed by atoms with E-state index in [0.29, 0.717) is 25.2 Å². The Morgan fingerprint density at radius 1 is 1.53 bits per heavy atom. The van der Waals surface area contributed by atoms with Gasteiger partial charge in [-0.25, -0.2) is 9.97 Å². The van der Waals surface area contributed by atoms with E-state index in [-0.39, 0.29) is 11.7 Å². The highest BCUT2D eigenvalue weighted by molar-refractivity contribution is 5.69. The van der Waals surface area contributed by atoms with Gasteiger partial charge < -0.3 is 9.64 Å². The number of nitriles is 1. The Hall–Kier alpha value is -2.16. The highest BCUT2D eigenvalue weighted by Gasteiger charge is 2.05. The lowest BCUT2D eigenvalue weighted by atomic mass is 10.3. The van der Waals surface area contributed by atoms with Gasteiger partial charge in [0.1, 0.15) is 11.9 Å². The summed E-state index contributed by atoms with van der Waals surface area (Å²) in [6.45, 7) is 0.676. The first-order valence-electron chi connectivity index (χ1n) is 5.17. The molecular weight excluding hydrogens is 220 g/mol. The summed E-state index contributed by atoms with van der Waals surface area (Å²) in [7, 11) is 3.23. The summed E-state index contributed by atoms with van der Waals surface area (Å²) in [6.07, 6.45) is 4.03. The van der Waals surface area contributed by atoms with Gasteiger partial charge in [-0.15, -0.1) is 0 Å². The van der Waals surface area contributed by atoms with Gasteiger partial charge in [-0.3, -0.25) is 4.79 Å². The van der Waals surface area contributed by atoms with E-state index >= 15 is 0 Å². The first kappa shape index (κ1) is 12.9. The molecule has 0 atom stereocenters. The van der Waals surface area contributed by atoms with Crippen LogP contribution in [-0.2, 0) is 9.53 Å². The van der Waals surface area contributed by atoms with Crippen molar-refractivity contribution in [2.75, 3.05) is 25.6 Å². The predicted octanol–water partition coefficient (Wildman–Crippen LogP) is 0.738. The molecule has 0 aliphatic carbocycles. The van der Waals surface area contributed by atoms with Gasteiger partial charge in [0.05, 0.1) is 19.5 Å². The quantitative estimate of drug-likeness (QED) is 0.699. The van der Waals surface area contributed by atoms with Crippen molar-refractivity contribution in [2.24, 2.45) is 0 Å². The Morgan fingerprint density at radius 2 is 2.29 bits per heavy atom. The second-order valence-electron chi connectivity index (χ2n) is 3.47. The normalized spacial score (nSPS) is 9.47. The fourth-order valence-corrected chi connectivity index (χ4v) is 1.25. The van der Waals surface area contributed by atoms with Crippen molar-refractivity contribution < 1.29 is 9.53 Å². The second-order valence-corrected chi connectivity index (χ2v) is 3.47. The lowest BCUT2D eigenvalue weighted by Gasteiger charge is -2.16. The van der Waals surface area contributed by atoms with Crippen LogP contribution in [0.15, 0.2) is 12.4 Å². The van der Waals surface area contributed by atoms with E-state index in [1.54, 1.807) is 0 Å². The van der Waals surface area contributed by atoms with Crippen LogP contribution in [0.2, 0.25) is 0 Å². The van der Waals surface area contributed by atoms with Crippen LogP contribution in [-0.4, -0.2) is 36.6 Å². The molecule has 0 radical (unpaired) electrons.